The Labute approximate surface area is 118 Å². The molecule has 0 aliphatic heterocycles. The van der Waals surface area contributed by atoms with Crippen LogP contribution in [0.1, 0.15) is 10.4 Å². The van der Waals surface area contributed by atoms with Gasteiger partial charge in [0.15, 0.2) is 5.43 Å². The lowest BCUT2D eigenvalue weighted by Gasteiger charge is -2.05. The van der Waals surface area contributed by atoms with Gasteiger partial charge in [0.05, 0.1) is 5.56 Å². The molecule has 0 bridgehead atoms. The van der Waals surface area contributed by atoms with Gasteiger partial charge in [-0.05, 0) is 30.3 Å². The second-order valence-electron chi connectivity index (χ2n) is 4.62. The van der Waals surface area contributed by atoms with Crippen LogP contribution >= 0.6 is 0 Å². The van der Waals surface area contributed by atoms with Crippen LogP contribution in [0, 0.1) is 5.82 Å². The molecular formula is C16H10FNO3. The van der Waals surface area contributed by atoms with Crippen LogP contribution in [0.4, 0.5) is 4.39 Å². The highest BCUT2D eigenvalue weighted by atomic mass is 19.1. The summed E-state index contributed by atoms with van der Waals surface area (Å²) in [5.41, 5.74) is 1.27. The van der Waals surface area contributed by atoms with Crippen molar-refractivity contribution in [1.82, 2.24) is 4.98 Å². The Bertz CT molecular complexity index is 915. The van der Waals surface area contributed by atoms with E-state index in [1.54, 1.807) is 12.1 Å². The number of halogens is 1. The summed E-state index contributed by atoms with van der Waals surface area (Å²) in [6.45, 7) is 0. The highest BCUT2D eigenvalue weighted by Crippen LogP contribution is 2.20. The number of carbonyl (C=O) groups is 1. The van der Waals surface area contributed by atoms with Crippen LogP contribution in [0.15, 0.2) is 53.3 Å². The third-order valence-electron chi connectivity index (χ3n) is 3.21. The molecular weight excluding hydrogens is 273 g/mol. The van der Waals surface area contributed by atoms with Gasteiger partial charge in [-0.25, -0.2) is 9.18 Å². The van der Waals surface area contributed by atoms with Gasteiger partial charge in [0, 0.05) is 28.2 Å². The zero-order valence-electron chi connectivity index (χ0n) is 10.8. The first-order valence-electron chi connectivity index (χ1n) is 6.21. The zero-order chi connectivity index (χ0) is 15.0. The quantitative estimate of drug-likeness (QED) is 0.759. The molecule has 0 unspecified atom stereocenters. The summed E-state index contributed by atoms with van der Waals surface area (Å²) in [5.74, 6) is -1.49. The van der Waals surface area contributed by atoms with Gasteiger partial charge in [-0.1, -0.05) is 12.1 Å². The van der Waals surface area contributed by atoms with Gasteiger partial charge in [0.2, 0.25) is 0 Å². The van der Waals surface area contributed by atoms with Crippen molar-refractivity contribution in [3.63, 3.8) is 0 Å². The number of nitrogens with one attached hydrogen (secondary N) is 1. The number of H-pyrrole nitrogens is 1. The van der Waals surface area contributed by atoms with Crippen molar-refractivity contribution in [2.75, 3.05) is 0 Å². The summed E-state index contributed by atoms with van der Waals surface area (Å²) in [5, 5.41) is 9.23. The normalized spacial score (nSPS) is 10.7. The van der Waals surface area contributed by atoms with Crippen molar-refractivity contribution < 1.29 is 14.3 Å². The van der Waals surface area contributed by atoms with Crippen LogP contribution in [0.2, 0.25) is 0 Å². The molecule has 1 aromatic heterocycles. The highest BCUT2D eigenvalue weighted by Gasteiger charge is 2.08. The molecule has 0 saturated heterocycles. The Hall–Kier alpha value is -2.95. The van der Waals surface area contributed by atoms with E-state index in [1.165, 1.54) is 36.4 Å². The van der Waals surface area contributed by atoms with E-state index in [9.17, 15) is 14.0 Å². The van der Waals surface area contributed by atoms with E-state index in [4.69, 9.17) is 5.11 Å². The first kappa shape index (κ1) is 13.1. The molecule has 0 saturated carbocycles. The van der Waals surface area contributed by atoms with Crippen LogP contribution in [0.5, 0.6) is 0 Å². The fraction of sp³-hybridized carbons (Fsp3) is 0. The molecule has 0 aliphatic carbocycles. The Morgan fingerprint density at radius 2 is 1.90 bits per heavy atom. The molecule has 0 aliphatic rings. The minimum atomic E-state index is -1.09. The van der Waals surface area contributed by atoms with Crippen LogP contribution in [-0.2, 0) is 0 Å². The number of pyridine rings is 1. The molecule has 3 aromatic rings. The molecule has 4 nitrogen and oxygen atoms in total. The maximum absolute atomic E-state index is 13.3. The SMILES string of the molecule is O=C(O)c1ccc2[nH]c(-c3cccc(F)c3)cc(=O)c2c1. The van der Waals surface area contributed by atoms with E-state index in [1.807, 2.05) is 0 Å². The number of carboxylic acid groups (broad SMARTS) is 1. The summed E-state index contributed by atoms with van der Waals surface area (Å²) in [7, 11) is 0. The van der Waals surface area contributed by atoms with Crippen LogP contribution < -0.4 is 5.43 Å². The van der Waals surface area contributed by atoms with Gasteiger partial charge in [0.25, 0.3) is 0 Å². The highest BCUT2D eigenvalue weighted by molar-refractivity contribution is 5.93. The lowest BCUT2D eigenvalue weighted by molar-refractivity contribution is 0.0697. The Morgan fingerprint density at radius 3 is 2.62 bits per heavy atom. The maximum atomic E-state index is 13.3. The van der Waals surface area contributed by atoms with Gasteiger partial charge in [-0.2, -0.15) is 0 Å². The summed E-state index contributed by atoms with van der Waals surface area (Å²) in [6, 6.07) is 11.5. The van der Waals surface area contributed by atoms with Crippen molar-refractivity contribution in [2.24, 2.45) is 0 Å². The van der Waals surface area contributed by atoms with Crippen LogP contribution in [0.25, 0.3) is 22.2 Å². The monoisotopic (exact) mass is 283 g/mol. The molecule has 1 heterocycles. The molecule has 21 heavy (non-hydrogen) atoms. The van der Waals surface area contributed by atoms with Gasteiger partial charge >= 0.3 is 5.97 Å². The molecule has 5 heteroatoms. The van der Waals surface area contributed by atoms with Gasteiger partial charge in [-0.15, -0.1) is 0 Å². The van der Waals surface area contributed by atoms with E-state index in [-0.39, 0.29) is 16.4 Å². The fourth-order valence-electron chi connectivity index (χ4n) is 2.19. The summed E-state index contributed by atoms with van der Waals surface area (Å²) >= 11 is 0. The standard InChI is InChI=1S/C16H10FNO3/c17-11-3-1-2-9(6-11)14-8-15(19)12-7-10(16(20)21)4-5-13(12)18-14/h1-8H,(H,18,19)(H,20,21). The number of aromatic nitrogens is 1. The van der Waals surface area contributed by atoms with Crippen molar-refractivity contribution in [2.45, 2.75) is 0 Å². The van der Waals surface area contributed by atoms with Gasteiger partial charge < -0.3 is 10.1 Å². The van der Waals surface area contributed by atoms with E-state index >= 15 is 0 Å². The number of fused-ring (bicyclic) bond motifs is 1. The topological polar surface area (TPSA) is 70.2 Å². The number of carboxylic acids is 1. The van der Waals surface area contributed by atoms with Crippen LogP contribution in [0.3, 0.4) is 0 Å². The molecule has 0 atom stereocenters. The lowest BCUT2D eigenvalue weighted by atomic mass is 10.1. The fourth-order valence-corrected chi connectivity index (χ4v) is 2.19. The summed E-state index contributed by atoms with van der Waals surface area (Å²) < 4.78 is 13.3. The Balaban J connectivity index is 2.23. The predicted octanol–water partition coefficient (Wildman–Crippen LogP) is 3.03. The first-order chi connectivity index (χ1) is 10.0. The Morgan fingerprint density at radius 1 is 1.10 bits per heavy atom. The summed E-state index contributed by atoms with van der Waals surface area (Å²) in [4.78, 5) is 26.1. The van der Waals surface area contributed by atoms with Gasteiger partial charge in [-0.3, -0.25) is 4.79 Å². The van der Waals surface area contributed by atoms with Crippen molar-refractivity contribution in [3.05, 3.63) is 70.1 Å². The largest absolute Gasteiger partial charge is 0.478 e. The number of hydrogen-bond acceptors (Lipinski definition) is 2. The first-order valence-corrected chi connectivity index (χ1v) is 6.21. The molecule has 0 amide bonds. The zero-order valence-corrected chi connectivity index (χ0v) is 10.8. The molecule has 3 rings (SSSR count). The second kappa shape index (κ2) is 4.86. The third-order valence-corrected chi connectivity index (χ3v) is 3.21. The van der Waals surface area contributed by atoms with Crippen LogP contribution in [-0.4, -0.2) is 16.1 Å². The van der Waals surface area contributed by atoms with E-state index in [0.29, 0.717) is 16.8 Å². The van der Waals surface area contributed by atoms with Crippen molar-refractivity contribution in [3.8, 4) is 11.3 Å². The maximum Gasteiger partial charge on any atom is 0.335 e. The number of aromatic amines is 1. The van der Waals surface area contributed by atoms with Crippen molar-refractivity contribution in [1.29, 1.82) is 0 Å². The molecule has 0 fully saturated rings. The number of rotatable bonds is 2. The average Bonchev–Trinajstić information content (AvgIpc) is 2.46. The number of benzene rings is 2. The number of aromatic carboxylic acids is 1. The molecule has 2 aromatic carbocycles. The molecule has 0 radical (unpaired) electrons. The molecule has 0 spiro atoms. The number of hydrogen-bond donors (Lipinski definition) is 2. The minimum absolute atomic E-state index is 0.0477. The van der Waals surface area contributed by atoms with Crippen molar-refractivity contribution >= 4 is 16.9 Å². The second-order valence-corrected chi connectivity index (χ2v) is 4.62. The average molecular weight is 283 g/mol. The smallest absolute Gasteiger partial charge is 0.335 e. The lowest BCUT2D eigenvalue weighted by Crippen LogP contribution is -2.05. The Kier molecular flexibility index (Phi) is 3.02. The molecule has 104 valence electrons. The molecule has 2 N–H and O–H groups in total. The predicted molar refractivity (Wildman–Crippen MR) is 76.9 cm³/mol. The minimum Gasteiger partial charge on any atom is -0.478 e. The van der Waals surface area contributed by atoms with E-state index < -0.39 is 11.8 Å². The summed E-state index contributed by atoms with van der Waals surface area (Å²) in [6.07, 6.45) is 0. The van der Waals surface area contributed by atoms with E-state index in [0.717, 1.165) is 0 Å². The third kappa shape index (κ3) is 2.41. The van der Waals surface area contributed by atoms with Gasteiger partial charge in [0.1, 0.15) is 5.82 Å². The van der Waals surface area contributed by atoms with E-state index in [2.05, 4.69) is 4.98 Å².